The number of ether oxygens (including phenoxy) is 2. The Bertz CT molecular complexity index is 305. The summed E-state index contributed by atoms with van der Waals surface area (Å²) < 4.78 is 9.80. The number of esters is 2. The zero-order valence-electron chi connectivity index (χ0n) is 15.7. The van der Waals surface area contributed by atoms with Crippen LogP contribution in [0.5, 0.6) is 0 Å². The van der Waals surface area contributed by atoms with E-state index in [-0.39, 0.29) is 11.9 Å². The van der Waals surface area contributed by atoms with E-state index >= 15 is 0 Å². The molecule has 0 N–H and O–H groups in total. The largest absolute Gasteiger partial charge is 0.466 e. The van der Waals surface area contributed by atoms with Crippen LogP contribution in [0.3, 0.4) is 0 Å². The molecule has 0 fully saturated rings. The van der Waals surface area contributed by atoms with Crippen LogP contribution < -0.4 is 0 Å². The molecule has 0 amide bonds. The molecular weight excluding hydrogens is 304 g/mol. The number of unbranched alkanes of at least 4 members (excludes halogenated alkanes) is 10. The summed E-state index contributed by atoms with van der Waals surface area (Å²) in [4.78, 5) is 21.2. The molecule has 0 aromatic heterocycles. The van der Waals surface area contributed by atoms with Crippen molar-refractivity contribution < 1.29 is 19.1 Å². The maximum Gasteiger partial charge on any atom is 0.302 e. The summed E-state index contributed by atoms with van der Waals surface area (Å²) in [5, 5.41) is 0. The van der Waals surface area contributed by atoms with Crippen molar-refractivity contribution in [1.29, 1.82) is 0 Å². The molecule has 0 rings (SSSR count). The van der Waals surface area contributed by atoms with Crippen LogP contribution in [-0.2, 0) is 19.1 Å². The number of hydrogen-bond acceptors (Lipinski definition) is 4. The fourth-order valence-electron chi connectivity index (χ4n) is 2.46. The molecular formula is C20H36O4. The Morgan fingerprint density at radius 2 is 0.917 bits per heavy atom. The summed E-state index contributed by atoms with van der Waals surface area (Å²) in [5.74, 6) is -0.357. The second-order valence-corrected chi connectivity index (χ2v) is 6.26. The third-order valence-corrected chi connectivity index (χ3v) is 3.81. The van der Waals surface area contributed by atoms with Gasteiger partial charge in [0.1, 0.15) is 0 Å². The molecule has 0 aliphatic rings. The van der Waals surface area contributed by atoms with Crippen molar-refractivity contribution in [2.24, 2.45) is 0 Å². The Balaban J connectivity index is 3.11. The van der Waals surface area contributed by atoms with Gasteiger partial charge in [-0.15, -0.1) is 0 Å². The van der Waals surface area contributed by atoms with Gasteiger partial charge >= 0.3 is 11.9 Å². The molecule has 0 saturated heterocycles. The molecule has 0 heterocycles. The molecule has 4 heteroatoms. The van der Waals surface area contributed by atoms with Crippen LogP contribution in [0.15, 0.2) is 12.2 Å². The van der Waals surface area contributed by atoms with Crippen molar-refractivity contribution in [2.45, 2.75) is 90.9 Å². The summed E-state index contributed by atoms with van der Waals surface area (Å²) in [5.41, 5.74) is 0. The maximum atomic E-state index is 10.6. The van der Waals surface area contributed by atoms with Crippen molar-refractivity contribution >= 4 is 11.9 Å². The zero-order valence-corrected chi connectivity index (χ0v) is 15.7. The minimum atomic E-state index is -0.179. The third-order valence-electron chi connectivity index (χ3n) is 3.81. The minimum absolute atomic E-state index is 0.179. The summed E-state index contributed by atoms with van der Waals surface area (Å²) in [7, 11) is 0. The van der Waals surface area contributed by atoms with E-state index in [2.05, 4.69) is 12.2 Å². The first kappa shape index (κ1) is 22.7. The smallest absolute Gasteiger partial charge is 0.302 e. The van der Waals surface area contributed by atoms with Crippen LogP contribution in [-0.4, -0.2) is 25.2 Å². The Labute approximate surface area is 148 Å². The van der Waals surface area contributed by atoms with Crippen LogP contribution in [0, 0.1) is 0 Å². The first-order chi connectivity index (χ1) is 11.6. The van der Waals surface area contributed by atoms with E-state index < -0.39 is 0 Å². The van der Waals surface area contributed by atoms with Crippen LogP contribution >= 0.6 is 0 Å². The average molecular weight is 341 g/mol. The number of carbonyl (C=O) groups is 2. The van der Waals surface area contributed by atoms with Gasteiger partial charge in [-0.2, -0.15) is 0 Å². The molecule has 0 saturated carbocycles. The Morgan fingerprint density at radius 3 is 1.29 bits per heavy atom. The Morgan fingerprint density at radius 1 is 0.583 bits per heavy atom. The molecule has 0 aliphatic carbocycles. The van der Waals surface area contributed by atoms with Gasteiger partial charge in [0.2, 0.25) is 0 Å². The summed E-state index contributed by atoms with van der Waals surface area (Å²) in [6, 6.07) is 0. The summed E-state index contributed by atoms with van der Waals surface area (Å²) in [6.07, 6.45) is 18.7. The highest BCUT2D eigenvalue weighted by Crippen LogP contribution is 2.08. The lowest BCUT2D eigenvalue weighted by atomic mass is 10.1. The molecule has 140 valence electrons. The monoisotopic (exact) mass is 340 g/mol. The topological polar surface area (TPSA) is 52.6 Å². The van der Waals surface area contributed by atoms with Gasteiger partial charge in [-0.05, 0) is 38.5 Å². The third kappa shape index (κ3) is 20.7. The van der Waals surface area contributed by atoms with Crippen molar-refractivity contribution in [3.63, 3.8) is 0 Å². The highest BCUT2D eigenvalue weighted by molar-refractivity contribution is 5.66. The van der Waals surface area contributed by atoms with Crippen LogP contribution in [0.2, 0.25) is 0 Å². The molecule has 0 aromatic rings. The van der Waals surface area contributed by atoms with E-state index in [4.69, 9.17) is 9.47 Å². The lowest BCUT2D eigenvalue weighted by Crippen LogP contribution is -2.00. The predicted octanol–water partition coefficient (Wildman–Crippen LogP) is 5.35. The molecule has 0 aliphatic heterocycles. The first-order valence-corrected chi connectivity index (χ1v) is 9.54. The highest BCUT2D eigenvalue weighted by atomic mass is 16.5. The molecule has 0 atom stereocenters. The quantitative estimate of drug-likeness (QED) is 0.216. The van der Waals surface area contributed by atoms with Gasteiger partial charge in [-0.3, -0.25) is 9.59 Å². The van der Waals surface area contributed by atoms with Gasteiger partial charge in [0.15, 0.2) is 0 Å². The standard InChI is InChI=1S/C20H36O4/c1-19(21)23-17-15-13-11-9-7-5-3-4-6-8-10-12-14-16-18-24-20(2)22/h3-4H,5-18H2,1-2H3/b4-3-. The number of rotatable bonds is 16. The fraction of sp³-hybridized carbons (Fsp3) is 0.800. The van der Waals surface area contributed by atoms with Gasteiger partial charge < -0.3 is 9.47 Å². The van der Waals surface area contributed by atoms with Gasteiger partial charge in [-0.25, -0.2) is 0 Å². The lowest BCUT2D eigenvalue weighted by Gasteiger charge is -2.02. The van der Waals surface area contributed by atoms with E-state index in [0.717, 1.165) is 25.7 Å². The number of carbonyl (C=O) groups excluding carboxylic acids is 2. The first-order valence-electron chi connectivity index (χ1n) is 9.54. The minimum Gasteiger partial charge on any atom is -0.466 e. The molecule has 4 nitrogen and oxygen atoms in total. The molecule has 0 radical (unpaired) electrons. The fourth-order valence-corrected chi connectivity index (χ4v) is 2.46. The number of allylic oxidation sites excluding steroid dienone is 2. The van der Waals surface area contributed by atoms with E-state index in [0.29, 0.717) is 13.2 Å². The average Bonchev–Trinajstić information content (AvgIpc) is 2.53. The highest BCUT2D eigenvalue weighted by Gasteiger charge is 1.94. The molecule has 0 bridgehead atoms. The molecule has 0 spiro atoms. The van der Waals surface area contributed by atoms with Gasteiger partial charge in [0.05, 0.1) is 13.2 Å². The van der Waals surface area contributed by atoms with Gasteiger partial charge in [0, 0.05) is 13.8 Å². The van der Waals surface area contributed by atoms with E-state index in [9.17, 15) is 9.59 Å². The van der Waals surface area contributed by atoms with Crippen molar-refractivity contribution in [1.82, 2.24) is 0 Å². The van der Waals surface area contributed by atoms with E-state index in [1.54, 1.807) is 0 Å². The zero-order chi connectivity index (χ0) is 17.9. The van der Waals surface area contributed by atoms with E-state index in [1.165, 1.54) is 65.2 Å². The van der Waals surface area contributed by atoms with E-state index in [1.807, 2.05) is 0 Å². The van der Waals surface area contributed by atoms with Crippen LogP contribution in [0.25, 0.3) is 0 Å². The SMILES string of the molecule is CC(=O)OCCCCCCC/C=C\CCCCCCCOC(C)=O. The summed E-state index contributed by atoms with van der Waals surface area (Å²) >= 11 is 0. The maximum absolute atomic E-state index is 10.6. The second kappa shape index (κ2) is 18.0. The number of hydrogen-bond donors (Lipinski definition) is 0. The lowest BCUT2D eigenvalue weighted by molar-refractivity contribution is -0.142. The molecule has 0 unspecified atom stereocenters. The normalized spacial score (nSPS) is 10.9. The van der Waals surface area contributed by atoms with Crippen molar-refractivity contribution in [2.75, 3.05) is 13.2 Å². The van der Waals surface area contributed by atoms with Crippen molar-refractivity contribution in [3.8, 4) is 0 Å². The predicted molar refractivity (Wildman–Crippen MR) is 97.8 cm³/mol. The summed E-state index contributed by atoms with van der Waals surface area (Å²) in [6.45, 7) is 4.05. The van der Waals surface area contributed by atoms with Gasteiger partial charge in [-0.1, -0.05) is 50.7 Å². The Kier molecular flexibility index (Phi) is 17.0. The van der Waals surface area contributed by atoms with Crippen LogP contribution in [0.1, 0.15) is 90.9 Å². The van der Waals surface area contributed by atoms with Gasteiger partial charge in [0.25, 0.3) is 0 Å². The second-order valence-electron chi connectivity index (χ2n) is 6.26. The Hall–Kier alpha value is -1.32. The van der Waals surface area contributed by atoms with Crippen LogP contribution in [0.4, 0.5) is 0 Å². The molecule has 24 heavy (non-hydrogen) atoms. The molecule has 0 aromatic carbocycles. The van der Waals surface area contributed by atoms with Crippen molar-refractivity contribution in [3.05, 3.63) is 12.2 Å².